The molecular formula is C11H19FO. The molecule has 1 aliphatic rings. The molecule has 0 aliphatic heterocycles. The lowest BCUT2D eigenvalue weighted by molar-refractivity contribution is 0.0320. The summed E-state index contributed by atoms with van der Waals surface area (Å²) in [7, 11) is 0. The van der Waals surface area contributed by atoms with Crippen LogP contribution in [0.4, 0.5) is 4.39 Å². The fourth-order valence-corrected chi connectivity index (χ4v) is 1.71. The Balaban J connectivity index is 2.28. The summed E-state index contributed by atoms with van der Waals surface area (Å²) >= 11 is 0. The van der Waals surface area contributed by atoms with E-state index < -0.39 is 0 Å². The third kappa shape index (κ3) is 4.41. The molecule has 0 aromatic heterocycles. The highest BCUT2D eigenvalue weighted by molar-refractivity contribution is 4.99. The molecule has 0 saturated carbocycles. The second-order valence-corrected chi connectivity index (χ2v) is 3.70. The molecule has 0 aromatic rings. The standard InChI is InChI=1S/C11H19FO/c1-10-4-2-3-5-11(7-6-10)13-9-8-12/h4,11H,2-3,5-9H2,1H3/b10-4+/t11-/m0/s1/i12-1. The van der Waals surface area contributed by atoms with Crippen LogP contribution in [-0.4, -0.2) is 19.4 Å². The van der Waals surface area contributed by atoms with Crippen LogP contribution in [0.15, 0.2) is 11.6 Å². The zero-order chi connectivity index (χ0) is 9.52. The van der Waals surface area contributed by atoms with E-state index in [9.17, 15) is 4.39 Å². The van der Waals surface area contributed by atoms with Crippen LogP contribution in [0, 0.1) is 0 Å². The van der Waals surface area contributed by atoms with E-state index in [2.05, 4.69) is 13.0 Å². The minimum absolute atomic E-state index is 0.271. The minimum atomic E-state index is -0.356. The Morgan fingerprint density at radius 1 is 1.54 bits per heavy atom. The molecule has 0 spiro atoms. The molecule has 0 fully saturated rings. The van der Waals surface area contributed by atoms with E-state index >= 15 is 0 Å². The molecule has 0 amide bonds. The lowest BCUT2D eigenvalue weighted by Crippen LogP contribution is -2.15. The molecule has 0 aromatic carbocycles. The molecular weight excluding hydrogens is 166 g/mol. The van der Waals surface area contributed by atoms with Crippen LogP contribution >= 0.6 is 0 Å². The van der Waals surface area contributed by atoms with Crippen molar-refractivity contribution in [1.82, 2.24) is 0 Å². The normalized spacial score (nSPS) is 28.8. The summed E-state index contributed by atoms with van der Waals surface area (Å²) in [6.45, 7) is 2.08. The van der Waals surface area contributed by atoms with Crippen molar-refractivity contribution in [3.63, 3.8) is 0 Å². The topological polar surface area (TPSA) is 9.23 Å². The number of rotatable bonds is 3. The number of ether oxygens (including phenoxy) is 1. The molecule has 0 heterocycles. The Hall–Kier alpha value is -0.370. The van der Waals surface area contributed by atoms with Crippen molar-refractivity contribution in [3.8, 4) is 0 Å². The molecule has 13 heavy (non-hydrogen) atoms. The number of hydrogen-bond acceptors (Lipinski definition) is 1. The van der Waals surface area contributed by atoms with E-state index in [1.54, 1.807) is 0 Å². The second kappa shape index (κ2) is 6.14. The maximum absolute atomic E-state index is 11.9. The number of alkyl halides is 1. The van der Waals surface area contributed by atoms with Gasteiger partial charge in [0.05, 0.1) is 12.7 Å². The van der Waals surface area contributed by atoms with Gasteiger partial charge in [0, 0.05) is 0 Å². The fourth-order valence-electron chi connectivity index (χ4n) is 1.71. The van der Waals surface area contributed by atoms with Gasteiger partial charge in [0.1, 0.15) is 6.67 Å². The van der Waals surface area contributed by atoms with Crippen molar-refractivity contribution in [2.24, 2.45) is 0 Å². The van der Waals surface area contributed by atoms with Gasteiger partial charge in [-0.15, -0.1) is 0 Å². The Morgan fingerprint density at radius 2 is 2.38 bits per heavy atom. The van der Waals surface area contributed by atoms with Crippen LogP contribution in [0.5, 0.6) is 0 Å². The molecule has 1 rings (SSSR count). The molecule has 1 nitrogen and oxygen atoms in total. The van der Waals surface area contributed by atoms with Gasteiger partial charge in [-0.2, -0.15) is 0 Å². The summed E-state index contributed by atoms with van der Waals surface area (Å²) in [5.74, 6) is 0. The lowest BCUT2D eigenvalue weighted by atomic mass is 9.99. The highest BCUT2D eigenvalue weighted by Gasteiger charge is 2.10. The molecule has 0 bridgehead atoms. The lowest BCUT2D eigenvalue weighted by Gasteiger charge is -2.19. The monoisotopic (exact) mass is 185 g/mol. The quantitative estimate of drug-likeness (QED) is 0.613. The van der Waals surface area contributed by atoms with Crippen LogP contribution in [0.1, 0.15) is 39.0 Å². The summed E-state index contributed by atoms with van der Waals surface area (Å²) in [5.41, 5.74) is 1.45. The summed E-state index contributed by atoms with van der Waals surface area (Å²) < 4.78 is 17.3. The van der Waals surface area contributed by atoms with E-state index in [4.69, 9.17) is 4.74 Å². The van der Waals surface area contributed by atoms with Crippen molar-refractivity contribution in [3.05, 3.63) is 11.6 Å². The van der Waals surface area contributed by atoms with Crippen molar-refractivity contribution in [1.29, 1.82) is 0 Å². The van der Waals surface area contributed by atoms with Crippen LogP contribution in [0.2, 0.25) is 0 Å². The van der Waals surface area contributed by atoms with E-state index in [-0.39, 0.29) is 13.3 Å². The van der Waals surface area contributed by atoms with Crippen molar-refractivity contribution >= 4 is 0 Å². The van der Waals surface area contributed by atoms with Crippen LogP contribution in [0.25, 0.3) is 0 Å². The highest BCUT2D eigenvalue weighted by atomic mass is 18.2. The number of halogens is 1. The Bertz CT molecular complexity index is 165. The molecule has 2 heteroatoms. The van der Waals surface area contributed by atoms with Gasteiger partial charge < -0.3 is 4.74 Å². The third-order valence-corrected chi connectivity index (χ3v) is 2.51. The Morgan fingerprint density at radius 3 is 3.15 bits per heavy atom. The molecule has 0 radical (unpaired) electrons. The predicted octanol–water partition coefficient (Wildman–Crippen LogP) is 3.25. The van der Waals surface area contributed by atoms with E-state index in [1.165, 1.54) is 12.0 Å². The molecule has 1 aliphatic carbocycles. The highest BCUT2D eigenvalue weighted by Crippen LogP contribution is 2.19. The molecule has 0 N–H and O–H groups in total. The van der Waals surface area contributed by atoms with Gasteiger partial charge in [0.15, 0.2) is 0 Å². The molecule has 0 saturated heterocycles. The molecule has 0 unspecified atom stereocenters. The third-order valence-electron chi connectivity index (χ3n) is 2.51. The van der Waals surface area contributed by atoms with E-state index in [0.29, 0.717) is 6.10 Å². The summed E-state index contributed by atoms with van der Waals surface area (Å²) in [4.78, 5) is 0. The number of hydrogen-bond donors (Lipinski definition) is 0. The van der Waals surface area contributed by atoms with Crippen LogP contribution < -0.4 is 0 Å². The average Bonchev–Trinajstić information content (AvgIpc) is 2.11. The molecule has 76 valence electrons. The zero-order valence-corrected chi connectivity index (χ0v) is 8.39. The summed E-state index contributed by atoms with van der Waals surface area (Å²) in [6, 6.07) is 0. The first kappa shape index (κ1) is 10.7. The van der Waals surface area contributed by atoms with Gasteiger partial charge in [0.25, 0.3) is 0 Å². The largest absolute Gasteiger partial charge is 0.375 e. The maximum atomic E-state index is 11.9. The van der Waals surface area contributed by atoms with Crippen molar-refractivity contribution in [2.75, 3.05) is 13.3 Å². The minimum Gasteiger partial charge on any atom is -0.375 e. The van der Waals surface area contributed by atoms with Gasteiger partial charge in [0.2, 0.25) is 0 Å². The van der Waals surface area contributed by atoms with Gasteiger partial charge in [-0.25, -0.2) is 4.39 Å². The predicted molar refractivity (Wildman–Crippen MR) is 52.6 cm³/mol. The van der Waals surface area contributed by atoms with Gasteiger partial charge in [-0.1, -0.05) is 11.6 Å². The SMILES string of the molecule is C/C1=C\CCC[C@H](OCC[18F])CC1. The second-order valence-electron chi connectivity index (χ2n) is 3.70. The Kier molecular flexibility index (Phi) is 5.06. The molecule has 1 atom stereocenters. The van der Waals surface area contributed by atoms with Gasteiger partial charge in [-0.3, -0.25) is 0 Å². The number of allylic oxidation sites excluding steroid dienone is 2. The fraction of sp³-hybridized carbons (Fsp3) is 0.818. The summed E-state index contributed by atoms with van der Waals surface area (Å²) in [5, 5.41) is 0. The van der Waals surface area contributed by atoms with Crippen molar-refractivity contribution < 1.29 is 9.13 Å². The zero-order valence-electron chi connectivity index (χ0n) is 8.39. The van der Waals surface area contributed by atoms with E-state index in [1.807, 2.05) is 0 Å². The first-order valence-electron chi connectivity index (χ1n) is 5.16. The van der Waals surface area contributed by atoms with Crippen LogP contribution in [-0.2, 0) is 4.74 Å². The first-order valence-corrected chi connectivity index (χ1v) is 5.16. The van der Waals surface area contributed by atoms with E-state index in [0.717, 1.165) is 25.7 Å². The maximum Gasteiger partial charge on any atom is 0.113 e. The van der Waals surface area contributed by atoms with Crippen LogP contribution in [0.3, 0.4) is 0 Å². The average molecular weight is 185 g/mol. The Labute approximate surface area is 80.0 Å². The first-order chi connectivity index (χ1) is 6.33. The van der Waals surface area contributed by atoms with Gasteiger partial charge in [-0.05, 0) is 39.0 Å². The summed E-state index contributed by atoms with van der Waals surface area (Å²) in [6.07, 6.45) is 8.18. The van der Waals surface area contributed by atoms with Crippen molar-refractivity contribution in [2.45, 2.75) is 45.1 Å². The van der Waals surface area contributed by atoms with Gasteiger partial charge >= 0.3 is 0 Å². The smallest absolute Gasteiger partial charge is 0.113 e.